The maximum absolute atomic E-state index is 11.8. The quantitative estimate of drug-likeness (QED) is 0.443. The highest BCUT2D eigenvalue weighted by atomic mass is 32.2. The van der Waals surface area contributed by atoms with E-state index in [1.807, 2.05) is 0 Å². The third-order valence-electron chi connectivity index (χ3n) is 2.55. The second kappa shape index (κ2) is 9.86. The highest BCUT2D eigenvalue weighted by Gasteiger charge is 2.19. The Labute approximate surface area is 151 Å². The number of esters is 2. The number of carbonyl (C=O) groups is 2. The normalized spacial score (nSPS) is 10.6. The van der Waals surface area contributed by atoms with Crippen molar-refractivity contribution in [3.8, 4) is 0 Å². The Morgan fingerprint density at radius 1 is 0.957 bits per heavy atom. The largest absolute Gasteiger partial charge is 0.462 e. The lowest BCUT2D eigenvalue weighted by Gasteiger charge is -2.08. The van der Waals surface area contributed by atoms with Gasteiger partial charge in [0.2, 0.25) is 0 Å². The zero-order valence-corrected chi connectivity index (χ0v) is 13.2. The lowest BCUT2D eigenvalue weighted by molar-refractivity contribution is 0.0503. The Morgan fingerprint density at radius 3 is 1.65 bits per heavy atom. The van der Waals surface area contributed by atoms with Crippen LogP contribution in [0.4, 0.5) is 0 Å². The van der Waals surface area contributed by atoms with Crippen molar-refractivity contribution in [1.29, 1.82) is 0 Å². The van der Waals surface area contributed by atoms with Crippen LogP contribution in [0.25, 0.3) is 0 Å². The van der Waals surface area contributed by atoms with Crippen molar-refractivity contribution in [3.05, 3.63) is 29.3 Å². The summed E-state index contributed by atoms with van der Waals surface area (Å²) in [7, 11) is -4.57. The third-order valence-corrected chi connectivity index (χ3v) is 3.38. The fraction of sp³-hybridized carbons (Fsp3) is 0.429. The fourth-order valence-corrected chi connectivity index (χ4v) is 2.09. The summed E-state index contributed by atoms with van der Waals surface area (Å²) in [6.45, 7) is 3.92. The van der Waals surface area contributed by atoms with Crippen LogP contribution < -0.4 is 0 Å². The van der Waals surface area contributed by atoms with Gasteiger partial charge in [0.1, 0.15) is 0 Å². The van der Waals surface area contributed by atoms with Crippen molar-refractivity contribution in [2.24, 2.45) is 0 Å². The van der Waals surface area contributed by atoms with E-state index in [-0.39, 0.29) is 47.4 Å². The molecular weight excluding hydrogens is 337 g/mol. The maximum Gasteiger partial charge on any atom is 0.338 e. The minimum atomic E-state index is -4.57. The number of rotatable bonds is 7. The van der Waals surface area contributed by atoms with Crippen LogP contribution in [-0.2, 0) is 19.6 Å². The van der Waals surface area contributed by atoms with Crippen molar-refractivity contribution in [1.82, 2.24) is 0 Å². The van der Waals surface area contributed by atoms with Crippen molar-refractivity contribution < 1.29 is 32.0 Å². The van der Waals surface area contributed by atoms with Crippen LogP contribution in [-0.4, -0.2) is 61.2 Å². The molecule has 9 heteroatoms. The first-order valence-corrected chi connectivity index (χ1v) is 8.20. The van der Waals surface area contributed by atoms with Crippen molar-refractivity contribution in [2.75, 3.05) is 13.2 Å². The summed E-state index contributed by atoms with van der Waals surface area (Å²) in [6.07, 6.45) is 1.18. The minimum Gasteiger partial charge on any atom is -0.462 e. The topological polar surface area (TPSA) is 107 Å². The van der Waals surface area contributed by atoms with E-state index in [2.05, 4.69) is 0 Å². The predicted molar refractivity (Wildman–Crippen MR) is 85.9 cm³/mol. The average molecular weight is 357 g/mol. The Balaban J connectivity index is 0.00000484. The molecule has 0 aliphatic rings. The number of hydrogen-bond donors (Lipinski definition) is 1. The van der Waals surface area contributed by atoms with Gasteiger partial charge in [-0.3, -0.25) is 4.55 Å². The Morgan fingerprint density at radius 2 is 1.35 bits per heavy atom. The van der Waals surface area contributed by atoms with Crippen LogP contribution >= 0.6 is 0 Å². The lowest BCUT2D eigenvalue weighted by Crippen LogP contribution is -2.12. The van der Waals surface area contributed by atoms with Gasteiger partial charge in [0.05, 0.1) is 29.2 Å². The van der Waals surface area contributed by atoms with Gasteiger partial charge >= 0.3 is 35.0 Å². The first-order chi connectivity index (χ1) is 10.3. The molecule has 0 unspecified atom stereocenters. The van der Waals surface area contributed by atoms with E-state index in [9.17, 15) is 18.0 Å². The van der Waals surface area contributed by atoms with Gasteiger partial charge in [-0.25, -0.2) is 9.59 Å². The van der Waals surface area contributed by atoms with Crippen LogP contribution in [0.3, 0.4) is 0 Å². The van der Waals surface area contributed by atoms with E-state index in [1.54, 1.807) is 13.8 Å². The molecule has 0 aliphatic heterocycles. The maximum atomic E-state index is 11.8. The first-order valence-electron chi connectivity index (χ1n) is 6.76. The third kappa shape index (κ3) is 6.86. The molecule has 7 nitrogen and oxygen atoms in total. The van der Waals surface area contributed by atoms with Gasteiger partial charge in [0.15, 0.2) is 0 Å². The molecule has 0 saturated carbocycles. The van der Waals surface area contributed by atoms with E-state index in [0.717, 1.165) is 12.1 Å². The van der Waals surface area contributed by atoms with Crippen molar-refractivity contribution in [3.63, 3.8) is 0 Å². The molecule has 0 amide bonds. The molecule has 1 aromatic rings. The van der Waals surface area contributed by atoms with E-state index in [4.69, 9.17) is 14.0 Å². The van der Waals surface area contributed by atoms with E-state index < -0.39 is 27.0 Å². The molecular formula is C14H20MgO7S. The highest BCUT2D eigenvalue weighted by Crippen LogP contribution is 2.17. The van der Waals surface area contributed by atoms with Crippen molar-refractivity contribution >= 4 is 45.1 Å². The standard InChI is InChI=1S/C14H18O7S.Mg.2H/c1-3-5-20-13(15)10-7-11(14(16)21-6-4-2)9-12(8-10)22(17,18)19;;;/h7-9H,3-6H2,1-2H3,(H,17,18,19);;;. The smallest absolute Gasteiger partial charge is 0.338 e. The van der Waals surface area contributed by atoms with E-state index in [1.165, 1.54) is 6.07 Å². The van der Waals surface area contributed by atoms with Crippen LogP contribution in [0.15, 0.2) is 23.1 Å². The van der Waals surface area contributed by atoms with Crippen LogP contribution in [0.2, 0.25) is 0 Å². The van der Waals surface area contributed by atoms with Gasteiger partial charge in [-0.15, -0.1) is 0 Å². The Bertz CT molecular complexity index is 617. The van der Waals surface area contributed by atoms with Crippen molar-refractivity contribution in [2.45, 2.75) is 31.6 Å². The highest BCUT2D eigenvalue weighted by molar-refractivity contribution is 7.85. The summed E-state index contributed by atoms with van der Waals surface area (Å²) < 4.78 is 41.4. The van der Waals surface area contributed by atoms with Crippen LogP contribution in [0, 0.1) is 0 Å². The number of ether oxygens (including phenoxy) is 2. The van der Waals surface area contributed by atoms with Gasteiger partial charge in [0, 0.05) is 0 Å². The molecule has 0 aliphatic carbocycles. The molecule has 1 aromatic carbocycles. The van der Waals surface area contributed by atoms with Gasteiger partial charge in [-0.05, 0) is 31.0 Å². The SMILES string of the molecule is CCCOC(=O)c1cc(C(=O)OCCC)cc(S(=O)(=O)O)c1.[MgH2]. The Kier molecular flexibility index (Phi) is 9.36. The molecule has 23 heavy (non-hydrogen) atoms. The fourth-order valence-electron chi connectivity index (χ4n) is 1.54. The molecule has 0 heterocycles. The zero-order valence-electron chi connectivity index (χ0n) is 12.4. The second-order valence-electron chi connectivity index (χ2n) is 4.49. The summed E-state index contributed by atoms with van der Waals surface area (Å²) >= 11 is 0. The molecule has 1 N–H and O–H groups in total. The minimum absolute atomic E-state index is 0. The molecule has 126 valence electrons. The second-order valence-corrected chi connectivity index (χ2v) is 5.91. The zero-order chi connectivity index (χ0) is 16.8. The van der Waals surface area contributed by atoms with E-state index >= 15 is 0 Å². The number of benzene rings is 1. The van der Waals surface area contributed by atoms with Gasteiger partial charge in [0.25, 0.3) is 10.1 Å². The molecule has 1 rings (SSSR count). The summed E-state index contributed by atoms with van der Waals surface area (Å²) in [5.74, 6) is -1.56. The molecule has 0 saturated heterocycles. The molecule has 0 atom stereocenters. The number of carbonyl (C=O) groups excluding carboxylic acids is 2. The monoisotopic (exact) mass is 356 g/mol. The molecule has 0 radical (unpaired) electrons. The number of hydrogen-bond acceptors (Lipinski definition) is 6. The van der Waals surface area contributed by atoms with E-state index in [0.29, 0.717) is 12.8 Å². The lowest BCUT2D eigenvalue weighted by atomic mass is 10.1. The van der Waals surface area contributed by atoms with Crippen LogP contribution in [0.1, 0.15) is 47.4 Å². The molecule has 0 aromatic heterocycles. The average Bonchev–Trinajstić information content (AvgIpc) is 2.48. The predicted octanol–water partition coefficient (Wildman–Crippen LogP) is 1.15. The molecule has 0 fully saturated rings. The molecule has 0 spiro atoms. The Hall–Kier alpha value is -1.16. The summed E-state index contributed by atoms with van der Waals surface area (Å²) in [5, 5.41) is 0. The summed E-state index contributed by atoms with van der Waals surface area (Å²) in [6, 6.07) is 3.07. The van der Waals surface area contributed by atoms with Gasteiger partial charge < -0.3 is 9.47 Å². The summed E-state index contributed by atoms with van der Waals surface area (Å²) in [5.41, 5.74) is -0.293. The molecule has 0 bridgehead atoms. The summed E-state index contributed by atoms with van der Waals surface area (Å²) in [4.78, 5) is 23.1. The van der Waals surface area contributed by atoms with Gasteiger partial charge in [-0.2, -0.15) is 8.42 Å². The van der Waals surface area contributed by atoms with Crippen LogP contribution in [0.5, 0.6) is 0 Å². The first kappa shape index (κ1) is 21.8. The van der Waals surface area contributed by atoms with Gasteiger partial charge in [-0.1, -0.05) is 13.8 Å².